The fraction of sp³-hybridized carbons (Fsp3) is 0.429. The van der Waals surface area contributed by atoms with Crippen molar-refractivity contribution in [2.24, 2.45) is 0 Å². The summed E-state index contributed by atoms with van der Waals surface area (Å²) in [7, 11) is -3.53. The molecule has 0 saturated heterocycles. The summed E-state index contributed by atoms with van der Waals surface area (Å²) >= 11 is 0. The molecule has 7 heteroatoms. The van der Waals surface area contributed by atoms with Crippen LogP contribution in [0.2, 0.25) is 0 Å². The van der Waals surface area contributed by atoms with E-state index in [0.717, 1.165) is 0 Å². The normalized spacial score (nSPS) is 11.1. The molecular weight excluding hydrogens is 206 g/mol. The van der Waals surface area contributed by atoms with Gasteiger partial charge in [-0.2, -0.15) is 5.26 Å². The number of aromatic nitrogens is 1. The van der Waals surface area contributed by atoms with Crippen molar-refractivity contribution in [1.29, 1.82) is 5.26 Å². The number of oxazole rings is 1. The Bertz CT molecular complexity index is 443. The van der Waals surface area contributed by atoms with Gasteiger partial charge in [-0.05, 0) is 6.92 Å². The molecule has 0 aliphatic carbocycles. The molecule has 0 radical (unpaired) electrons. The molecule has 1 aromatic rings. The van der Waals surface area contributed by atoms with Crippen molar-refractivity contribution in [2.75, 3.05) is 5.75 Å². The molecule has 1 rings (SSSR count). The molecule has 1 heterocycles. The van der Waals surface area contributed by atoms with Crippen LogP contribution in [-0.2, 0) is 16.6 Å². The molecule has 6 nitrogen and oxygen atoms in total. The highest BCUT2D eigenvalue weighted by atomic mass is 32.2. The van der Waals surface area contributed by atoms with Gasteiger partial charge in [0.25, 0.3) is 0 Å². The summed E-state index contributed by atoms with van der Waals surface area (Å²) in [5, 5.41) is 8.19. The maximum Gasteiger partial charge on any atom is 0.225 e. The van der Waals surface area contributed by atoms with E-state index in [-0.39, 0.29) is 12.4 Å². The van der Waals surface area contributed by atoms with Gasteiger partial charge in [-0.3, -0.25) is 0 Å². The SMILES string of the molecule is Cc1cnc(CNS(=O)(=O)CC#N)o1. The highest BCUT2D eigenvalue weighted by Crippen LogP contribution is 2.01. The van der Waals surface area contributed by atoms with Crippen LogP contribution in [0.4, 0.5) is 0 Å². The summed E-state index contributed by atoms with van der Waals surface area (Å²) < 4.78 is 29.2. The van der Waals surface area contributed by atoms with Gasteiger partial charge in [-0.25, -0.2) is 18.1 Å². The molecule has 0 saturated carbocycles. The van der Waals surface area contributed by atoms with Gasteiger partial charge in [-0.15, -0.1) is 0 Å². The molecule has 0 atom stereocenters. The first-order chi connectivity index (χ1) is 6.53. The lowest BCUT2D eigenvalue weighted by Gasteiger charge is -1.98. The molecule has 1 N–H and O–H groups in total. The molecule has 14 heavy (non-hydrogen) atoms. The molecule has 0 unspecified atom stereocenters. The number of hydrogen-bond acceptors (Lipinski definition) is 5. The highest BCUT2D eigenvalue weighted by Gasteiger charge is 2.10. The quantitative estimate of drug-likeness (QED) is 0.758. The van der Waals surface area contributed by atoms with E-state index in [9.17, 15) is 8.42 Å². The lowest BCUT2D eigenvalue weighted by atomic mass is 10.6. The van der Waals surface area contributed by atoms with E-state index in [2.05, 4.69) is 9.71 Å². The second-order valence-corrected chi connectivity index (χ2v) is 4.41. The summed E-state index contributed by atoms with van der Waals surface area (Å²) in [5.41, 5.74) is 0. The van der Waals surface area contributed by atoms with Crippen molar-refractivity contribution in [3.8, 4) is 6.07 Å². The number of nitriles is 1. The van der Waals surface area contributed by atoms with E-state index in [1.165, 1.54) is 6.20 Å². The van der Waals surface area contributed by atoms with Gasteiger partial charge in [-0.1, -0.05) is 0 Å². The Morgan fingerprint density at radius 1 is 1.71 bits per heavy atom. The van der Waals surface area contributed by atoms with Crippen LogP contribution in [-0.4, -0.2) is 19.2 Å². The van der Waals surface area contributed by atoms with Crippen LogP contribution in [0.3, 0.4) is 0 Å². The van der Waals surface area contributed by atoms with Crippen molar-refractivity contribution < 1.29 is 12.8 Å². The van der Waals surface area contributed by atoms with Crippen LogP contribution in [0, 0.1) is 18.3 Å². The standard InChI is InChI=1S/C7H9N3O3S/c1-6-4-9-7(13-6)5-10-14(11,12)3-2-8/h4,10H,3,5H2,1H3. The Balaban J connectivity index is 2.54. The van der Waals surface area contributed by atoms with Crippen LogP contribution in [0.15, 0.2) is 10.6 Å². The fourth-order valence-electron chi connectivity index (χ4n) is 0.791. The largest absolute Gasteiger partial charge is 0.445 e. The molecule has 1 aromatic heterocycles. The van der Waals surface area contributed by atoms with Crippen molar-refractivity contribution in [2.45, 2.75) is 13.5 Å². The van der Waals surface area contributed by atoms with Gasteiger partial charge < -0.3 is 4.42 Å². The van der Waals surface area contributed by atoms with Crippen LogP contribution in [0.5, 0.6) is 0 Å². The third kappa shape index (κ3) is 3.16. The van der Waals surface area contributed by atoms with Crippen molar-refractivity contribution in [3.05, 3.63) is 17.8 Å². The van der Waals surface area contributed by atoms with E-state index in [0.29, 0.717) is 5.76 Å². The number of rotatable bonds is 4. The second-order valence-electron chi connectivity index (χ2n) is 2.60. The number of nitrogens with one attached hydrogen (secondary N) is 1. The Morgan fingerprint density at radius 2 is 2.43 bits per heavy atom. The van der Waals surface area contributed by atoms with Gasteiger partial charge in [0.05, 0.1) is 18.8 Å². The minimum absolute atomic E-state index is 0.0299. The molecule has 0 fully saturated rings. The average molecular weight is 215 g/mol. The summed E-state index contributed by atoms with van der Waals surface area (Å²) in [6.07, 6.45) is 1.49. The van der Waals surface area contributed by atoms with Gasteiger partial charge >= 0.3 is 0 Å². The maximum atomic E-state index is 11.0. The highest BCUT2D eigenvalue weighted by molar-refractivity contribution is 7.89. The second kappa shape index (κ2) is 4.21. The molecule has 0 bridgehead atoms. The third-order valence-corrected chi connectivity index (χ3v) is 2.46. The van der Waals surface area contributed by atoms with Crippen LogP contribution >= 0.6 is 0 Å². The predicted molar refractivity (Wildman–Crippen MR) is 47.5 cm³/mol. The zero-order valence-electron chi connectivity index (χ0n) is 7.52. The number of sulfonamides is 1. The van der Waals surface area contributed by atoms with Crippen LogP contribution < -0.4 is 4.72 Å². The number of hydrogen-bond donors (Lipinski definition) is 1. The van der Waals surface area contributed by atoms with Gasteiger partial charge in [0.15, 0.2) is 5.75 Å². The first kappa shape index (κ1) is 10.7. The van der Waals surface area contributed by atoms with Gasteiger partial charge in [0.1, 0.15) is 5.76 Å². The molecule has 0 aliphatic heterocycles. The van der Waals surface area contributed by atoms with Crippen molar-refractivity contribution >= 4 is 10.0 Å². The lowest BCUT2D eigenvalue weighted by Crippen LogP contribution is -2.25. The maximum absolute atomic E-state index is 11.0. The zero-order valence-corrected chi connectivity index (χ0v) is 8.34. The van der Waals surface area contributed by atoms with Crippen molar-refractivity contribution in [1.82, 2.24) is 9.71 Å². The molecule has 0 aromatic carbocycles. The monoisotopic (exact) mass is 215 g/mol. The Labute approximate surface area is 81.6 Å². The smallest absolute Gasteiger partial charge is 0.225 e. The number of aryl methyl sites for hydroxylation is 1. The fourth-order valence-corrected chi connectivity index (χ4v) is 1.41. The van der Waals surface area contributed by atoms with Crippen LogP contribution in [0.1, 0.15) is 11.7 Å². The summed E-state index contributed by atoms with van der Waals surface area (Å²) in [6, 6.07) is 1.55. The zero-order chi connectivity index (χ0) is 10.6. The average Bonchev–Trinajstić information content (AvgIpc) is 2.48. The topological polar surface area (TPSA) is 96.0 Å². The van der Waals surface area contributed by atoms with E-state index >= 15 is 0 Å². The van der Waals surface area contributed by atoms with E-state index in [1.54, 1.807) is 13.0 Å². The first-order valence-electron chi connectivity index (χ1n) is 3.79. The van der Waals surface area contributed by atoms with Crippen LogP contribution in [0.25, 0.3) is 0 Å². The Hall–Kier alpha value is -1.39. The minimum Gasteiger partial charge on any atom is -0.445 e. The first-order valence-corrected chi connectivity index (χ1v) is 5.44. The Kier molecular flexibility index (Phi) is 3.22. The third-order valence-electron chi connectivity index (χ3n) is 1.37. The lowest BCUT2D eigenvalue weighted by molar-refractivity contribution is 0.463. The Morgan fingerprint density at radius 3 is 2.93 bits per heavy atom. The predicted octanol–water partition coefficient (Wildman–Crippen LogP) is -0.0740. The van der Waals surface area contributed by atoms with Gasteiger partial charge in [0, 0.05) is 0 Å². The number of nitrogens with zero attached hydrogens (tertiary/aromatic N) is 2. The molecule has 0 spiro atoms. The summed E-state index contributed by atoms with van der Waals surface area (Å²) in [6.45, 7) is 1.68. The minimum atomic E-state index is -3.53. The summed E-state index contributed by atoms with van der Waals surface area (Å²) in [5.74, 6) is 0.329. The molecule has 0 aliphatic rings. The molecular formula is C7H9N3O3S. The van der Waals surface area contributed by atoms with E-state index < -0.39 is 15.8 Å². The van der Waals surface area contributed by atoms with E-state index in [4.69, 9.17) is 9.68 Å². The van der Waals surface area contributed by atoms with Gasteiger partial charge in [0.2, 0.25) is 15.9 Å². The summed E-state index contributed by atoms with van der Waals surface area (Å²) in [4.78, 5) is 3.80. The van der Waals surface area contributed by atoms with Crippen molar-refractivity contribution in [3.63, 3.8) is 0 Å². The molecule has 0 amide bonds. The van der Waals surface area contributed by atoms with E-state index in [1.807, 2.05) is 0 Å². The molecule has 76 valence electrons.